The third kappa shape index (κ3) is 4.01. The Morgan fingerprint density at radius 1 is 1.47 bits per heavy atom. The summed E-state index contributed by atoms with van der Waals surface area (Å²) in [4.78, 5) is 12.0. The number of aliphatic hydroxyl groups excluding tert-OH is 1. The number of nitrogens with one attached hydrogen (secondary N) is 1. The summed E-state index contributed by atoms with van der Waals surface area (Å²) in [5.41, 5.74) is 1.43. The van der Waals surface area contributed by atoms with Crippen LogP contribution in [0.3, 0.4) is 0 Å². The average molecular weight is 452 g/mol. The van der Waals surface area contributed by atoms with Gasteiger partial charge in [-0.3, -0.25) is 4.79 Å². The van der Waals surface area contributed by atoms with Crippen molar-refractivity contribution in [1.82, 2.24) is 5.32 Å². The number of rotatable bonds is 4. The van der Waals surface area contributed by atoms with Crippen molar-refractivity contribution < 1.29 is 9.90 Å². The van der Waals surface area contributed by atoms with Crippen LogP contribution in [-0.4, -0.2) is 17.6 Å². The molecule has 0 spiro atoms. The lowest BCUT2D eigenvalue weighted by molar-refractivity contribution is 0.0915. The number of carbonyl (C=O) groups excluding carboxylic acids is 1. The summed E-state index contributed by atoms with van der Waals surface area (Å²) in [7, 11) is 0. The zero-order chi connectivity index (χ0) is 13.8. The van der Waals surface area contributed by atoms with Gasteiger partial charge in [-0.25, -0.2) is 0 Å². The minimum atomic E-state index is -0.667. The van der Waals surface area contributed by atoms with E-state index < -0.39 is 6.10 Å². The second-order valence-corrected chi connectivity index (χ2v) is 6.76. The van der Waals surface area contributed by atoms with Gasteiger partial charge in [0.15, 0.2) is 0 Å². The van der Waals surface area contributed by atoms with Gasteiger partial charge in [-0.15, -0.1) is 0 Å². The van der Waals surface area contributed by atoms with Crippen LogP contribution in [0.15, 0.2) is 39.5 Å². The quantitative estimate of drug-likeness (QED) is 0.698. The van der Waals surface area contributed by atoms with Gasteiger partial charge in [-0.2, -0.15) is 11.3 Å². The highest BCUT2D eigenvalue weighted by Crippen LogP contribution is 2.19. The fraction of sp³-hybridized carbons (Fsp3) is 0.154. The predicted octanol–water partition coefficient (Wildman–Crippen LogP) is 3.58. The number of carbonyl (C=O) groups is 1. The average Bonchev–Trinajstić information content (AvgIpc) is 2.92. The number of thiophene rings is 1. The summed E-state index contributed by atoms with van der Waals surface area (Å²) in [6.07, 6.45) is -0.667. The van der Waals surface area contributed by atoms with Crippen LogP contribution in [-0.2, 0) is 0 Å². The maximum Gasteiger partial charge on any atom is 0.252 e. The molecule has 1 amide bonds. The van der Waals surface area contributed by atoms with Gasteiger partial charge in [-0.1, -0.05) is 15.9 Å². The van der Waals surface area contributed by atoms with Gasteiger partial charge in [0.1, 0.15) is 0 Å². The Morgan fingerprint density at radius 2 is 2.26 bits per heavy atom. The highest BCUT2D eigenvalue weighted by molar-refractivity contribution is 14.1. The van der Waals surface area contributed by atoms with Crippen molar-refractivity contribution in [3.8, 4) is 0 Å². The molecule has 0 aliphatic carbocycles. The normalized spacial score (nSPS) is 12.2. The Kier molecular flexibility index (Phi) is 5.37. The molecule has 2 N–H and O–H groups in total. The van der Waals surface area contributed by atoms with Gasteiger partial charge in [0.2, 0.25) is 0 Å². The molecule has 0 fully saturated rings. The van der Waals surface area contributed by atoms with Crippen molar-refractivity contribution in [1.29, 1.82) is 0 Å². The second-order valence-electron chi connectivity index (χ2n) is 3.91. The van der Waals surface area contributed by atoms with E-state index in [1.165, 1.54) is 11.3 Å². The third-order valence-corrected chi connectivity index (χ3v) is 4.69. The molecule has 1 heterocycles. The summed E-state index contributed by atoms with van der Waals surface area (Å²) in [5, 5.41) is 16.4. The topological polar surface area (TPSA) is 49.3 Å². The molecule has 2 aromatic rings. The van der Waals surface area contributed by atoms with E-state index in [2.05, 4.69) is 43.8 Å². The number of hydrogen-bond donors (Lipinski definition) is 2. The van der Waals surface area contributed by atoms with Crippen LogP contribution in [0, 0.1) is 3.57 Å². The molecule has 3 nitrogen and oxygen atoms in total. The predicted molar refractivity (Wildman–Crippen MR) is 88.5 cm³/mol. The first kappa shape index (κ1) is 15.0. The lowest BCUT2D eigenvalue weighted by Gasteiger charge is -2.11. The summed E-state index contributed by atoms with van der Waals surface area (Å²) in [6, 6.07) is 7.38. The minimum absolute atomic E-state index is 0.181. The maximum absolute atomic E-state index is 12.0. The van der Waals surface area contributed by atoms with Gasteiger partial charge < -0.3 is 10.4 Å². The van der Waals surface area contributed by atoms with E-state index in [9.17, 15) is 9.90 Å². The van der Waals surface area contributed by atoms with Crippen LogP contribution in [0.4, 0.5) is 0 Å². The Bertz CT molecular complexity index is 574. The molecule has 19 heavy (non-hydrogen) atoms. The molecule has 0 aliphatic heterocycles. The van der Waals surface area contributed by atoms with Gasteiger partial charge in [-0.05, 0) is 63.2 Å². The molecule has 1 unspecified atom stereocenters. The zero-order valence-corrected chi connectivity index (χ0v) is 14.3. The van der Waals surface area contributed by atoms with Crippen LogP contribution in [0.2, 0.25) is 0 Å². The molecule has 0 radical (unpaired) electrons. The molecule has 1 aromatic heterocycles. The number of halogens is 2. The smallest absolute Gasteiger partial charge is 0.252 e. The Balaban J connectivity index is 2.00. The summed E-state index contributed by atoms with van der Waals surface area (Å²) < 4.78 is 1.74. The van der Waals surface area contributed by atoms with Gasteiger partial charge in [0, 0.05) is 14.6 Å². The molecular weight excluding hydrogens is 441 g/mol. The van der Waals surface area contributed by atoms with Crippen molar-refractivity contribution >= 4 is 55.8 Å². The van der Waals surface area contributed by atoms with E-state index >= 15 is 0 Å². The van der Waals surface area contributed by atoms with Crippen molar-refractivity contribution in [3.05, 3.63) is 54.2 Å². The van der Waals surface area contributed by atoms with Crippen LogP contribution >= 0.6 is 49.9 Å². The Labute approximate surface area is 137 Å². The van der Waals surface area contributed by atoms with Gasteiger partial charge in [0.05, 0.1) is 11.7 Å². The zero-order valence-electron chi connectivity index (χ0n) is 9.77. The molecule has 100 valence electrons. The molecule has 1 aromatic carbocycles. The van der Waals surface area contributed by atoms with E-state index in [4.69, 9.17) is 0 Å². The first-order valence-corrected chi connectivity index (χ1v) is 8.33. The summed E-state index contributed by atoms with van der Waals surface area (Å²) in [6.45, 7) is 0.207. The number of hydrogen-bond acceptors (Lipinski definition) is 3. The van der Waals surface area contributed by atoms with Crippen LogP contribution < -0.4 is 5.32 Å². The molecule has 6 heteroatoms. The van der Waals surface area contributed by atoms with E-state index in [1.54, 1.807) is 6.07 Å². The lowest BCUT2D eigenvalue weighted by Crippen LogP contribution is -2.28. The van der Waals surface area contributed by atoms with Crippen LogP contribution in [0.1, 0.15) is 22.0 Å². The lowest BCUT2D eigenvalue weighted by atomic mass is 10.2. The Hall–Kier alpha value is -0.440. The summed E-state index contributed by atoms with van der Waals surface area (Å²) >= 11 is 6.99. The first-order chi connectivity index (χ1) is 9.08. The van der Waals surface area contributed by atoms with Crippen molar-refractivity contribution in [2.75, 3.05) is 6.54 Å². The van der Waals surface area contributed by atoms with E-state index in [1.807, 2.05) is 29.0 Å². The SMILES string of the molecule is O=C(NCC(O)c1ccsc1)c1cc(Br)ccc1I. The molecule has 0 aliphatic rings. The van der Waals surface area contributed by atoms with Gasteiger partial charge in [0.25, 0.3) is 5.91 Å². The van der Waals surface area contributed by atoms with Crippen molar-refractivity contribution in [2.24, 2.45) is 0 Å². The number of amides is 1. The fourth-order valence-electron chi connectivity index (χ4n) is 1.54. The first-order valence-electron chi connectivity index (χ1n) is 5.51. The monoisotopic (exact) mass is 451 g/mol. The molecule has 0 bridgehead atoms. The van der Waals surface area contributed by atoms with E-state index in [0.29, 0.717) is 5.56 Å². The molecular formula is C13H11BrINO2S. The van der Waals surface area contributed by atoms with Crippen LogP contribution in [0.25, 0.3) is 0 Å². The maximum atomic E-state index is 12.0. The molecule has 0 saturated heterocycles. The highest BCUT2D eigenvalue weighted by Gasteiger charge is 2.13. The minimum Gasteiger partial charge on any atom is -0.387 e. The number of aliphatic hydroxyl groups is 1. The standard InChI is InChI=1S/C13H11BrINO2S/c14-9-1-2-11(15)10(5-9)13(18)16-6-12(17)8-3-4-19-7-8/h1-5,7,12,17H,6H2,(H,16,18). The number of benzene rings is 1. The molecule has 0 saturated carbocycles. The van der Waals surface area contributed by atoms with Crippen LogP contribution in [0.5, 0.6) is 0 Å². The summed E-state index contributed by atoms with van der Waals surface area (Å²) in [5.74, 6) is -0.181. The Morgan fingerprint density at radius 3 is 2.95 bits per heavy atom. The molecule has 1 atom stereocenters. The van der Waals surface area contributed by atoms with Crippen molar-refractivity contribution in [2.45, 2.75) is 6.10 Å². The van der Waals surface area contributed by atoms with E-state index in [0.717, 1.165) is 13.6 Å². The van der Waals surface area contributed by atoms with Gasteiger partial charge >= 0.3 is 0 Å². The third-order valence-electron chi connectivity index (χ3n) is 2.56. The second kappa shape index (κ2) is 6.83. The largest absolute Gasteiger partial charge is 0.387 e. The fourth-order valence-corrected chi connectivity index (χ4v) is 3.19. The van der Waals surface area contributed by atoms with Crippen molar-refractivity contribution in [3.63, 3.8) is 0 Å². The molecule has 2 rings (SSSR count). The highest BCUT2D eigenvalue weighted by atomic mass is 127. The van der Waals surface area contributed by atoms with E-state index in [-0.39, 0.29) is 12.5 Å².